The number of hydrogen-bond donors (Lipinski definition) is 1. The van der Waals surface area contributed by atoms with Crippen molar-refractivity contribution in [2.24, 2.45) is 0 Å². The highest BCUT2D eigenvalue weighted by Crippen LogP contribution is 2.37. The fourth-order valence-electron chi connectivity index (χ4n) is 4.55. The molecule has 0 radical (unpaired) electrons. The number of para-hydroxylation sites is 1. The highest BCUT2D eigenvalue weighted by molar-refractivity contribution is 5.69. The van der Waals surface area contributed by atoms with Gasteiger partial charge < -0.3 is 38.3 Å². The van der Waals surface area contributed by atoms with Gasteiger partial charge in [0.15, 0.2) is 18.3 Å². The number of esters is 4. The van der Waals surface area contributed by atoms with Gasteiger partial charge in [0, 0.05) is 34.1 Å². The van der Waals surface area contributed by atoms with Crippen LogP contribution in [0, 0.1) is 0 Å². The Kier molecular flexibility index (Phi) is 12.3. The molecule has 0 bridgehead atoms. The second kappa shape index (κ2) is 15.0. The van der Waals surface area contributed by atoms with Crippen LogP contribution < -0.4 is 4.74 Å². The van der Waals surface area contributed by atoms with Crippen LogP contribution in [0.4, 0.5) is 4.79 Å². The van der Waals surface area contributed by atoms with Gasteiger partial charge in [-0.15, -0.1) is 0 Å². The van der Waals surface area contributed by atoms with E-state index in [4.69, 9.17) is 33.2 Å². The molecule has 0 unspecified atom stereocenters. The predicted octanol–water partition coefficient (Wildman–Crippen LogP) is 3.28. The molecule has 13 nitrogen and oxygen atoms in total. The second-order valence-electron chi connectivity index (χ2n) is 10.5. The Morgan fingerprint density at radius 2 is 1.33 bits per heavy atom. The Morgan fingerprint density at radius 1 is 0.810 bits per heavy atom. The van der Waals surface area contributed by atoms with Crippen LogP contribution in [0.15, 0.2) is 18.2 Å². The van der Waals surface area contributed by atoms with E-state index in [1.54, 1.807) is 0 Å². The predicted molar refractivity (Wildman–Crippen MR) is 144 cm³/mol. The summed E-state index contributed by atoms with van der Waals surface area (Å²) in [6, 6.07) is 5.57. The van der Waals surface area contributed by atoms with E-state index in [1.165, 1.54) is 0 Å². The number of rotatable bonds is 11. The van der Waals surface area contributed by atoms with E-state index in [-0.39, 0.29) is 11.8 Å². The summed E-state index contributed by atoms with van der Waals surface area (Å²) in [5.41, 5.74) is 1.60. The van der Waals surface area contributed by atoms with Crippen molar-refractivity contribution in [2.45, 2.75) is 104 Å². The van der Waals surface area contributed by atoms with E-state index in [9.17, 15) is 29.1 Å². The molecule has 1 aromatic rings. The van der Waals surface area contributed by atoms with Gasteiger partial charge in [0.05, 0.1) is 0 Å². The lowest BCUT2D eigenvalue weighted by atomic mass is 9.90. The Bertz CT molecular complexity index is 1120. The molecule has 1 aliphatic heterocycles. The highest BCUT2D eigenvalue weighted by atomic mass is 16.7. The Labute approximate surface area is 244 Å². The molecule has 0 aliphatic carbocycles. The normalized spacial score (nSPS) is 23.6. The molecule has 234 valence electrons. The molecule has 13 heteroatoms. The number of ether oxygens (including phenoxy) is 7. The van der Waals surface area contributed by atoms with Gasteiger partial charge in [0.1, 0.15) is 25.1 Å². The molecular weight excluding hydrogens is 556 g/mol. The van der Waals surface area contributed by atoms with Crippen molar-refractivity contribution in [3.05, 3.63) is 29.3 Å². The van der Waals surface area contributed by atoms with E-state index in [0.717, 1.165) is 38.8 Å². The van der Waals surface area contributed by atoms with Crippen LogP contribution in [0.25, 0.3) is 0 Å². The molecule has 1 saturated heterocycles. The zero-order valence-corrected chi connectivity index (χ0v) is 25.2. The number of benzene rings is 1. The van der Waals surface area contributed by atoms with Crippen LogP contribution in [0.3, 0.4) is 0 Å². The first-order chi connectivity index (χ1) is 19.6. The third-order valence-electron chi connectivity index (χ3n) is 6.32. The van der Waals surface area contributed by atoms with Gasteiger partial charge >= 0.3 is 30.0 Å². The molecule has 0 saturated carbocycles. The van der Waals surface area contributed by atoms with Gasteiger partial charge in [-0.25, -0.2) is 4.79 Å². The van der Waals surface area contributed by atoms with Gasteiger partial charge in [0.2, 0.25) is 5.79 Å². The molecule has 2 rings (SSSR count). The molecule has 1 fully saturated rings. The Balaban J connectivity index is 2.34. The first-order valence-corrected chi connectivity index (χ1v) is 13.6. The Morgan fingerprint density at radius 3 is 1.81 bits per heavy atom. The van der Waals surface area contributed by atoms with Gasteiger partial charge in [-0.2, -0.15) is 0 Å². The minimum atomic E-state index is -2.45. The van der Waals surface area contributed by atoms with Crippen LogP contribution in [-0.2, 0) is 47.6 Å². The molecule has 1 N–H and O–H groups in total. The minimum Gasteiger partial charge on any atom is -0.463 e. The maximum absolute atomic E-state index is 12.8. The summed E-state index contributed by atoms with van der Waals surface area (Å²) < 4.78 is 37.5. The van der Waals surface area contributed by atoms with Crippen LogP contribution in [0.2, 0.25) is 0 Å². The van der Waals surface area contributed by atoms with Crippen LogP contribution in [-0.4, -0.2) is 78.6 Å². The van der Waals surface area contributed by atoms with Gasteiger partial charge in [-0.05, 0) is 23.0 Å². The van der Waals surface area contributed by atoms with Gasteiger partial charge in [-0.3, -0.25) is 19.2 Å². The van der Waals surface area contributed by atoms with Crippen LogP contribution in [0.5, 0.6) is 5.75 Å². The quantitative estimate of drug-likeness (QED) is 0.224. The average Bonchev–Trinajstić information content (AvgIpc) is 2.86. The number of carbonyl (C=O) groups excluding carboxylic acids is 5. The summed E-state index contributed by atoms with van der Waals surface area (Å²) in [5.74, 6) is -5.24. The van der Waals surface area contributed by atoms with E-state index in [1.807, 2.05) is 45.9 Å². The molecule has 42 heavy (non-hydrogen) atoms. The van der Waals surface area contributed by atoms with Crippen LogP contribution >= 0.6 is 0 Å². The van der Waals surface area contributed by atoms with Gasteiger partial charge in [-0.1, -0.05) is 45.9 Å². The largest absolute Gasteiger partial charge is 0.513 e. The molecule has 5 atom stereocenters. The lowest BCUT2D eigenvalue weighted by Gasteiger charge is -2.48. The maximum Gasteiger partial charge on any atom is 0.513 e. The standard InChI is InChI=1S/C29H40O13/c1-15(2)21-10-9-11-22(16(3)4)24(21)41-28(34)36-13-12-29(35)27(40-20(8)33)26(39-19(7)32)25(38-18(6)31)23(42-29)14-37-17(5)30/h9-11,15-16,23,25-27,35H,12-14H2,1-8H3/t23-,25-,26+,27-,29-/m1/s1. The fraction of sp³-hybridized carbons (Fsp3) is 0.621. The summed E-state index contributed by atoms with van der Waals surface area (Å²) in [4.78, 5) is 60.1. The van der Waals surface area contributed by atoms with E-state index in [0.29, 0.717) is 5.75 Å². The average molecular weight is 597 g/mol. The number of carbonyl (C=O) groups is 5. The highest BCUT2D eigenvalue weighted by Gasteiger charge is 2.59. The molecular formula is C29H40O13. The van der Waals surface area contributed by atoms with Crippen molar-refractivity contribution in [3.8, 4) is 5.75 Å². The van der Waals surface area contributed by atoms with Crippen molar-refractivity contribution >= 4 is 30.0 Å². The van der Waals surface area contributed by atoms with Crippen molar-refractivity contribution in [1.29, 1.82) is 0 Å². The summed E-state index contributed by atoms with van der Waals surface area (Å²) >= 11 is 0. The molecule has 0 spiro atoms. The fourth-order valence-corrected chi connectivity index (χ4v) is 4.55. The summed E-state index contributed by atoms with van der Waals surface area (Å²) in [6.07, 6.45) is -7.68. The lowest BCUT2D eigenvalue weighted by molar-refractivity contribution is -0.355. The van der Waals surface area contributed by atoms with E-state index >= 15 is 0 Å². The van der Waals surface area contributed by atoms with Crippen LogP contribution in [0.1, 0.15) is 84.8 Å². The molecule has 1 aromatic carbocycles. The lowest BCUT2D eigenvalue weighted by Crippen LogP contribution is -2.68. The molecule has 0 amide bonds. The van der Waals surface area contributed by atoms with E-state index < -0.39 is 79.9 Å². The maximum atomic E-state index is 12.8. The van der Waals surface area contributed by atoms with Crippen molar-refractivity contribution in [2.75, 3.05) is 13.2 Å². The zero-order chi connectivity index (χ0) is 31.8. The number of hydrogen-bond acceptors (Lipinski definition) is 13. The molecule has 0 aromatic heterocycles. The third kappa shape index (κ3) is 9.41. The summed E-state index contributed by atoms with van der Waals surface area (Å²) in [6.45, 7) is 11.1. The minimum absolute atomic E-state index is 0.0462. The smallest absolute Gasteiger partial charge is 0.463 e. The van der Waals surface area contributed by atoms with Crippen molar-refractivity contribution in [3.63, 3.8) is 0 Å². The topological polar surface area (TPSA) is 170 Å². The zero-order valence-electron chi connectivity index (χ0n) is 25.2. The third-order valence-corrected chi connectivity index (χ3v) is 6.32. The van der Waals surface area contributed by atoms with E-state index in [2.05, 4.69) is 0 Å². The second-order valence-corrected chi connectivity index (χ2v) is 10.5. The molecule has 1 aliphatic rings. The molecule has 1 heterocycles. The monoisotopic (exact) mass is 596 g/mol. The van der Waals surface area contributed by atoms with Gasteiger partial charge in [0.25, 0.3) is 0 Å². The van der Waals surface area contributed by atoms with Crippen molar-refractivity contribution in [1.82, 2.24) is 0 Å². The SMILES string of the molecule is CC(=O)OC[C@H]1O[C@](O)(CCOC(=O)Oc2c(C(C)C)cccc2C(C)C)[C@H](OC(C)=O)[C@@H](OC(C)=O)[C@@H]1OC(C)=O. The first-order valence-electron chi connectivity index (χ1n) is 13.6. The van der Waals surface area contributed by atoms with Crippen molar-refractivity contribution < 1.29 is 62.2 Å². The number of aliphatic hydroxyl groups is 1. The summed E-state index contributed by atoms with van der Waals surface area (Å²) in [5, 5.41) is 11.6. The summed E-state index contributed by atoms with van der Waals surface area (Å²) in [7, 11) is 0. The first kappa shape index (κ1) is 34.5. The Hall–Kier alpha value is -3.71.